The molecule has 0 aliphatic carbocycles. The monoisotopic (exact) mass is 375 g/mol. The number of nitrogens with zero attached hydrogens (tertiary/aromatic N) is 2. The fourth-order valence-electron chi connectivity index (χ4n) is 2.16. The summed E-state index contributed by atoms with van der Waals surface area (Å²) in [7, 11) is 0. The summed E-state index contributed by atoms with van der Waals surface area (Å²) in [4.78, 5) is 24.5. The number of anilines is 1. The number of aryl methyl sites for hydroxylation is 1. The maximum Gasteiger partial charge on any atom is 0.293 e. The molecule has 0 aliphatic rings. The molecule has 2 heterocycles. The molecule has 3 aromatic rings. The second-order valence-corrected chi connectivity index (χ2v) is 7.82. The second kappa shape index (κ2) is 7.79. The quantitative estimate of drug-likeness (QED) is 0.397. The third kappa shape index (κ3) is 4.26. The summed E-state index contributed by atoms with van der Waals surface area (Å²) in [6, 6.07) is 6.46. The van der Waals surface area contributed by atoms with Crippen molar-refractivity contribution in [1.29, 1.82) is 0 Å². The fourth-order valence-corrected chi connectivity index (χ4v) is 4.06. The summed E-state index contributed by atoms with van der Waals surface area (Å²) in [6.45, 7) is 4.02. The molecule has 1 amide bonds. The van der Waals surface area contributed by atoms with E-state index in [-0.39, 0.29) is 11.2 Å². The highest BCUT2D eigenvalue weighted by Gasteiger charge is 2.15. The number of fused-ring (bicyclic) bond motifs is 1. The van der Waals surface area contributed by atoms with Gasteiger partial charge in [-0.15, -0.1) is 10.2 Å². The number of amides is 1. The molecule has 130 valence electrons. The summed E-state index contributed by atoms with van der Waals surface area (Å²) in [5.41, 5.74) is 1.09. The summed E-state index contributed by atoms with van der Waals surface area (Å²) >= 11 is 2.92. The lowest BCUT2D eigenvalue weighted by Gasteiger charge is -2.03. The van der Waals surface area contributed by atoms with E-state index in [4.69, 9.17) is 4.42 Å². The van der Waals surface area contributed by atoms with Crippen LogP contribution >= 0.6 is 23.1 Å². The highest BCUT2D eigenvalue weighted by atomic mass is 32.2. The number of thioether (sulfide) groups is 1. The molecule has 0 unspecified atom stereocenters. The molecular formula is C17H17N3O3S2. The van der Waals surface area contributed by atoms with Crippen LogP contribution in [0.5, 0.6) is 0 Å². The Bertz CT molecular complexity index is 965. The lowest BCUT2D eigenvalue weighted by Crippen LogP contribution is -2.14. The molecule has 25 heavy (non-hydrogen) atoms. The van der Waals surface area contributed by atoms with Gasteiger partial charge < -0.3 is 4.42 Å². The molecular weight excluding hydrogens is 358 g/mol. The molecule has 8 heteroatoms. The van der Waals surface area contributed by atoms with Crippen molar-refractivity contribution in [2.24, 2.45) is 0 Å². The average Bonchev–Trinajstić information content (AvgIpc) is 3.02. The van der Waals surface area contributed by atoms with Gasteiger partial charge in [-0.2, -0.15) is 0 Å². The zero-order valence-corrected chi connectivity index (χ0v) is 15.5. The SMILES string of the molecule is CCCCSc1nnc(NC(=O)c2cc(=O)c3ccc(C)cc3o2)s1. The van der Waals surface area contributed by atoms with Crippen LogP contribution in [-0.2, 0) is 0 Å². The van der Waals surface area contributed by atoms with Crippen molar-refractivity contribution in [3.8, 4) is 0 Å². The van der Waals surface area contributed by atoms with Gasteiger partial charge in [0.25, 0.3) is 5.91 Å². The van der Waals surface area contributed by atoms with Gasteiger partial charge in [-0.25, -0.2) is 0 Å². The third-order valence-corrected chi connectivity index (χ3v) is 5.52. The van der Waals surface area contributed by atoms with Crippen molar-refractivity contribution >= 4 is 45.1 Å². The van der Waals surface area contributed by atoms with Gasteiger partial charge in [-0.1, -0.05) is 42.5 Å². The highest BCUT2D eigenvalue weighted by molar-refractivity contribution is 8.01. The molecule has 0 radical (unpaired) electrons. The summed E-state index contributed by atoms with van der Waals surface area (Å²) in [5, 5.41) is 11.5. The Balaban J connectivity index is 1.77. The van der Waals surface area contributed by atoms with E-state index in [0.717, 1.165) is 28.5 Å². The van der Waals surface area contributed by atoms with Gasteiger partial charge in [0, 0.05) is 11.8 Å². The number of rotatable bonds is 6. The lowest BCUT2D eigenvalue weighted by atomic mass is 10.1. The van der Waals surface area contributed by atoms with Gasteiger partial charge in [0.2, 0.25) is 5.13 Å². The van der Waals surface area contributed by atoms with Crippen molar-refractivity contribution in [3.63, 3.8) is 0 Å². The van der Waals surface area contributed by atoms with Gasteiger partial charge in [0.15, 0.2) is 15.5 Å². The summed E-state index contributed by atoms with van der Waals surface area (Å²) < 4.78 is 6.39. The Kier molecular flexibility index (Phi) is 5.50. The molecule has 0 atom stereocenters. The minimum Gasteiger partial charge on any atom is -0.451 e. The van der Waals surface area contributed by atoms with Crippen LogP contribution in [0, 0.1) is 6.92 Å². The number of hydrogen-bond acceptors (Lipinski definition) is 7. The van der Waals surface area contributed by atoms with Crippen molar-refractivity contribution < 1.29 is 9.21 Å². The number of unbranched alkanes of at least 4 members (excludes halogenated alkanes) is 1. The van der Waals surface area contributed by atoms with Crippen LogP contribution in [0.3, 0.4) is 0 Å². The predicted molar refractivity (Wildman–Crippen MR) is 101 cm³/mol. The van der Waals surface area contributed by atoms with Gasteiger partial charge >= 0.3 is 0 Å². The van der Waals surface area contributed by atoms with E-state index in [1.54, 1.807) is 23.9 Å². The molecule has 0 saturated carbocycles. The van der Waals surface area contributed by atoms with Crippen LogP contribution in [0.25, 0.3) is 11.0 Å². The molecule has 1 N–H and O–H groups in total. The standard InChI is InChI=1S/C17H17N3O3S2/c1-3-4-7-24-17-20-19-16(25-17)18-15(22)14-9-12(21)11-6-5-10(2)8-13(11)23-14/h5-6,8-9H,3-4,7H2,1-2H3,(H,18,19,22). The van der Waals surface area contributed by atoms with Crippen molar-refractivity contribution in [2.45, 2.75) is 31.0 Å². The average molecular weight is 375 g/mol. The molecule has 3 rings (SSSR count). The minimum absolute atomic E-state index is 0.0431. The van der Waals surface area contributed by atoms with Crippen LogP contribution < -0.4 is 10.7 Å². The zero-order chi connectivity index (χ0) is 17.8. The normalized spacial score (nSPS) is 11.0. The first kappa shape index (κ1) is 17.6. The van der Waals surface area contributed by atoms with Crippen molar-refractivity contribution in [2.75, 3.05) is 11.1 Å². The first-order valence-electron chi connectivity index (χ1n) is 7.89. The fraction of sp³-hybridized carbons (Fsp3) is 0.294. The van der Waals surface area contributed by atoms with E-state index < -0.39 is 5.91 Å². The third-order valence-electron chi connectivity index (χ3n) is 3.46. The first-order chi connectivity index (χ1) is 12.1. The molecule has 2 aromatic heterocycles. The topological polar surface area (TPSA) is 85.1 Å². The molecule has 0 fully saturated rings. The predicted octanol–water partition coefficient (Wildman–Crippen LogP) is 4.10. The number of nitrogens with one attached hydrogen (secondary N) is 1. The van der Waals surface area contributed by atoms with Gasteiger partial charge in [-0.3, -0.25) is 14.9 Å². The number of hydrogen-bond donors (Lipinski definition) is 1. The van der Waals surface area contributed by atoms with Crippen molar-refractivity contribution in [3.05, 3.63) is 45.8 Å². The van der Waals surface area contributed by atoms with E-state index in [1.165, 1.54) is 17.4 Å². The van der Waals surface area contributed by atoms with E-state index in [9.17, 15) is 9.59 Å². The summed E-state index contributed by atoms with van der Waals surface area (Å²) in [5.74, 6) is 0.415. The second-order valence-electron chi connectivity index (χ2n) is 5.50. The first-order valence-corrected chi connectivity index (χ1v) is 9.69. The Labute approximate surface area is 152 Å². The van der Waals surface area contributed by atoms with Crippen LogP contribution in [0.4, 0.5) is 5.13 Å². The Morgan fingerprint density at radius 3 is 2.96 bits per heavy atom. The molecule has 0 saturated heterocycles. The maximum absolute atomic E-state index is 12.4. The van der Waals surface area contributed by atoms with E-state index >= 15 is 0 Å². The van der Waals surface area contributed by atoms with Crippen LogP contribution in [-0.4, -0.2) is 21.9 Å². The Morgan fingerprint density at radius 2 is 2.16 bits per heavy atom. The number of aromatic nitrogens is 2. The van der Waals surface area contributed by atoms with Crippen LogP contribution in [0.1, 0.15) is 35.9 Å². The van der Waals surface area contributed by atoms with Gasteiger partial charge in [0.05, 0.1) is 5.39 Å². The van der Waals surface area contributed by atoms with E-state index in [0.29, 0.717) is 16.1 Å². The number of carbonyl (C=O) groups is 1. The van der Waals surface area contributed by atoms with E-state index in [1.807, 2.05) is 13.0 Å². The van der Waals surface area contributed by atoms with Gasteiger partial charge in [0.1, 0.15) is 5.58 Å². The molecule has 0 bridgehead atoms. The maximum atomic E-state index is 12.4. The molecule has 0 spiro atoms. The minimum atomic E-state index is -0.512. The molecule has 1 aromatic carbocycles. The Morgan fingerprint density at radius 1 is 1.32 bits per heavy atom. The van der Waals surface area contributed by atoms with Crippen LogP contribution in [0.15, 0.2) is 37.8 Å². The summed E-state index contributed by atoms with van der Waals surface area (Å²) in [6.07, 6.45) is 2.23. The van der Waals surface area contributed by atoms with Gasteiger partial charge in [-0.05, 0) is 31.0 Å². The van der Waals surface area contributed by atoms with Crippen molar-refractivity contribution in [1.82, 2.24) is 10.2 Å². The number of benzene rings is 1. The Hall–Kier alpha value is -2.19. The lowest BCUT2D eigenvalue weighted by molar-refractivity contribution is 0.0997. The highest BCUT2D eigenvalue weighted by Crippen LogP contribution is 2.26. The zero-order valence-electron chi connectivity index (χ0n) is 13.9. The molecule has 6 nitrogen and oxygen atoms in total. The number of carbonyl (C=O) groups excluding carboxylic acids is 1. The smallest absolute Gasteiger partial charge is 0.293 e. The van der Waals surface area contributed by atoms with Crippen LogP contribution in [0.2, 0.25) is 0 Å². The van der Waals surface area contributed by atoms with E-state index in [2.05, 4.69) is 22.4 Å². The molecule has 0 aliphatic heterocycles. The largest absolute Gasteiger partial charge is 0.451 e.